The number of hydrogen-bond acceptors (Lipinski definition) is 7. The van der Waals surface area contributed by atoms with Gasteiger partial charge in [0.25, 0.3) is 0 Å². The van der Waals surface area contributed by atoms with Crippen molar-refractivity contribution in [3.05, 3.63) is 23.8 Å². The van der Waals surface area contributed by atoms with Crippen molar-refractivity contribution in [3.8, 4) is 0 Å². The lowest BCUT2D eigenvalue weighted by Crippen LogP contribution is -2.52. The summed E-state index contributed by atoms with van der Waals surface area (Å²) in [5, 5.41) is 1.90. The van der Waals surface area contributed by atoms with E-state index in [4.69, 9.17) is 9.47 Å². The maximum atomic E-state index is 12.8. The lowest BCUT2D eigenvalue weighted by molar-refractivity contribution is -0.130. The summed E-state index contributed by atoms with van der Waals surface area (Å²) in [6.07, 6.45) is -1.18. The fourth-order valence-electron chi connectivity index (χ4n) is 3.99. The van der Waals surface area contributed by atoms with Gasteiger partial charge < -0.3 is 14.4 Å². The number of fused-ring (bicyclic) bond motifs is 1. The number of rotatable bonds is 4. The fraction of sp³-hybridized carbons (Fsp3) is 0.591. The number of anilines is 2. The van der Waals surface area contributed by atoms with Crippen molar-refractivity contribution >= 4 is 29.5 Å². The Morgan fingerprint density at radius 3 is 2.50 bits per heavy atom. The Balaban J connectivity index is 1.90. The molecule has 0 bridgehead atoms. The molecule has 1 saturated heterocycles. The van der Waals surface area contributed by atoms with Crippen LogP contribution in [0.2, 0.25) is 0 Å². The molecular weight excluding hydrogens is 414 g/mol. The van der Waals surface area contributed by atoms with Crippen molar-refractivity contribution in [1.29, 1.82) is 0 Å². The monoisotopic (exact) mass is 447 g/mol. The third-order valence-electron chi connectivity index (χ3n) is 5.66. The number of amides is 3. The van der Waals surface area contributed by atoms with Crippen molar-refractivity contribution in [2.24, 2.45) is 0 Å². The summed E-state index contributed by atoms with van der Waals surface area (Å²) in [6, 6.07) is 5.46. The molecule has 2 aliphatic rings. The second-order valence-corrected chi connectivity index (χ2v) is 8.71. The number of nitrogens with zero attached hydrogens (tertiary/aromatic N) is 4. The molecule has 2 atom stereocenters. The Hall–Kier alpha value is -2.85. The molecule has 176 valence electrons. The molecule has 1 unspecified atom stereocenters. The molecular formula is C22H33N5O5. The standard InChI is InChI=1S/C22H33N5O5/c1-14(2)32-21(29)26-11-15(3)27(22(30)31-6)18-8-7-16(9-19(18)26)17-10-23-25(12-17)13-20(28)24(4)5/h7-9,14-15,17,23H,10-13H2,1-6H3/t15-,17?/m0/s1. The topological polar surface area (TPSA) is 94.7 Å². The third kappa shape index (κ3) is 4.97. The molecule has 1 N–H and O–H groups in total. The van der Waals surface area contributed by atoms with Crippen LogP contribution in [-0.4, -0.2) is 87.5 Å². The first-order chi connectivity index (χ1) is 15.1. The molecule has 0 aliphatic carbocycles. The zero-order valence-corrected chi connectivity index (χ0v) is 19.6. The quantitative estimate of drug-likeness (QED) is 0.754. The van der Waals surface area contributed by atoms with Gasteiger partial charge in [0.2, 0.25) is 5.91 Å². The molecule has 0 spiro atoms. The van der Waals surface area contributed by atoms with Crippen LogP contribution < -0.4 is 15.2 Å². The van der Waals surface area contributed by atoms with Gasteiger partial charge in [-0.05, 0) is 38.5 Å². The second-order valence-electron chi connectivity index (χ2n) is 8.71. The first kappa shape index (κ1) is 23.8. The number of ether oxygens (including phenoxy) is 2. The molecule has 2 aliphatic heterocycles. The van der Waals surface area contributed by atoms with Gasteiger partial charge in [-0.15, -0.1) is 0 Å². The third-order valence-corrected chi connectivity index (χ3v) is 5.66. The van der Waals surface area contributed by atoms with Crippen LogP contribution in [0.5, 0.6) is 0 Å². The largest absolute Gasteiger partial charge is 0.452 e. The van der Waals surface area contributed by atoms with E-state index in [1.807, 2.05) is 30.1 Å². The Labute approximate surface area is 189 Å². The Morgan fingerprint density at radius 1 is 1.16 bits per heavy atom. The van der Waals surface area contributed by atoms with E-state index >= 15 is 0 Å². The Bertz CT molecular complexity index is 874. The minimum atomic E-state index is -0.473. The van der Waals surface area contributed by atoms with Crippen molar-refractivity contribution in [3.63, 3.8) is 0 Å². The van der Waals surface area contributed by atoms with Gasteiger partial charge in [-0.25, -0.2) is 14.6 Å². The molecule has 0 aromatic heterocycles. The van der Waals surface area contributed by atoms with Crippen LogP contribution >= 0.6 is 0 Å². The first-order valence-electron chi connectivity index (χ1n) is 10.8. The van der Waals surface area contributed by atoms with E-state index in [1.165, 1.54) is 7.11 Å². The summed E-state index contributed by atoms with van der Waals surface area (Å²) >= 11 is 0. The predicted molar refractivity (Wildman–Crippen MR) is 121 cm³/mol. The van der Waals surface area contributed by atoms with Crippen molar-refractivity contribution in [2.45, 2.75) is 38.8 Å². The van der Waals surface area contributed by atoms with Gasteiger partial charge in [0.1, 0.15) is 0 Å². The molecule has 3 amide bonds. The average Bonchev–Trinajstić information content (AvgIpc) is 3.20. The number of likely N-dealkylation sites (N-methyl/N-ethyl adjacent to an activating group) is 1. The molecule has 10 nitrogen and oxygen atoms in total. The van der Waals surface area contributed by atoms with Gasteiger partial charge in [0.05, 0.1) is 43.7 Å². The van der Waals surface area contributed by atoms with Gasteiger partial charge in [0.15, 0.2) is 0 Å². The second kappa shape index (κ2) is 9.74. The van der Waals surface area contributed by atoms with Gasteiger partial charge in [0, 0.05) is 33.1 Å². The minimum Gasteiger partial charge on any atom is -0.452 e. The summed E-state index contributed by atoms with van der Waals surface area (Å²) in [7, 11) is 4.81. The highest BCUT2D eigenvalue weighted by molar-refractivity contribution is 6.01. The van der Waals surface area contributed by atoms with Crippen LogP contribution in [0, 0.1) is 0 Å². The first-order valence-corrected chi connectivity index (χ1v) is 10.8. The van der Waals surface area contributed by atoms with E-state index in [0.29, 0.717) is 31.0 Å². The van der Waals surface area contributed by atoms with Crippen LogP contribution in [0.4, 0.5) is 21.0 Å². The minimum absolute atomic E-state index is 0.0221. The van der Waals surface area contributed by atoms with Crippen molar-refractivity contribution in [1.82, 2.24) is 15.3 Å². The summed E-state index contributed by atoms with van der Waals surface area (Å²) in [6.45, 7) is 7.38. The molecule has 2 heterocycles. The number of benzene rings is 1. The summed E-state index contributed by atoms with van der Waals surface area (Å²) < 4.78 is 10.4. The highest BCUT2D eigenvalue weighted by atomic mass is 16.6. The lowest BCUT2D eigenvalue weighted by atomic mass is 9.97. The number of methoxy groups -OCH3 is 1. The summed E-state index contributed by atoms with van der Waals surface area (Å²) in [4.78, 5) is 42.0. The van der Waals surface area contributed by atoms with Crippen LogP contribution in [0.25, 0.3) is 0 Å². The molecule has 1 aromatic rings. The molecule has 32 heavy (non-hydrogen) atoms. The number of carbonyl (C=O) groups excluding carboxylic acids is 3. The number of hydrazine groups is 1. The maximum Gasteiger partial charge on any atom is 0.414 e. The van der Waals surface area contributed by atoms with E-state index in [2.05, 4.69) is 5.43 Å². The molecule has 1 fully saturated rings. The normalized spacial score (nSPS) is 20.8. The maximum absolute atomic E-state index is 12.8. The van der Waals surface area contributed by atoms with Crippen molar-refractivity contribution < 1.29 is 23.9 Å². The van der Waals surface area contributed by atoms with Crippen LogP contribution in [0.1, 0.15) is 32.3 Å². The van der Waals surface area contributed by atoms with Gasteiger partial charge in [-0.1, -0.05) is 6.07 Å². The molecule has 1 aromatic carbocycles. The summed E-state index contributed by atoms with van der Waals surface area (Å²) in [5.41, 5.74) is 5.50. The average molecular weight is 448 g/mol. The number of nitrogens with one attached hydrogen (secondary N) is 1. The Morgan fingerprint density at radius 2 is 1.88 bits per heavy atom. The van der Waals surface area contributed by atoms with E-state index < -0.39 is 12.2 Å². The van der Waals surface area contributed by atoms with Gasteiger partial charge in [-0.3, -0.25) is 20.0 Å². The van der Waals surface area contributed by atoms with Gasteiger partial charge in [-0.2, -0.15) is 0 Å². The SMILES string of the molecule is COC(=O)N1c2ccc(C3CNN(CC(=O)N(C)C)C3)cc2N(C(=O)OC(C)C)C[C@@H]1C. The van der Waals surface area contributed by atoms with Crippen molar-refractivity contribution in [2.75, 3.05) is 57.2 Å². The van der Waals surface area contributed by atoms with Crippen LogP contribution in [-0.2, 0) is 14.3 Å². The fourth-order valence-corrected chi connectivity index (χ4v) is 3.99. The Kier molecular flexibility index (Phi) is 7.25. The predicted octanol–water partition coefficient (Wildman–Crippen LogP) is 2.00. The highest BCUT2D eigenvalue weighted by Crippen LogP contribution is 2.39. The number of hydrogen-bond donors (Lipinski definition) is 1. The van der Waals surface area contributed by atoms with Gasteiger partial charge >= 0.3 is 12.2 Å². The molecule has 10 heteroatoms. The molecule has 0 radical (unpaired) electrons. The molecule has 3 rings (SSSR count). The smallest absolute Gasteiger partial charge is 0.414 e. The van der Waals surface area contributed by atoms with E-state index in [9.17, 15) is 14.4 Å². The van der Waals surface area contributed by atoms with E-state index in [0.717, 1.165) is 5.56 Å². The van der Waals surface area contributed by atoms with Crippen LogP contribution in [0.15, 0.2) is 18.2 Å². The van der Waals surface area contributed by atoms with E-state index in [1.54, 1.807) is 42.6 Å². The number of carbonyl (C=O) groups is 3. The zero-order chi connectivity index (χ0) is 23.6. The summed E-state index contributed by atoms with van der Waals surface area (Å²) in [5.74, 6) is 0.151. The molecule has 0 saturated carbocycles. The van der Waals surface area contributed by atoms with E-state index in [-0.39, 0.29) is 30.5 Å². The highest BCUT2D eigenvalue weighted by Gasteiger charge is 2.37. The zero-order valence-electron chi connectivity index (χ0n) is 19.6. The van der Waals surface area contributed by atoms with Crippen LogP contribution in [0.3, 0.4) is 0 Å². The lowest BCUT2D eigenvalue weighted by Gasteiger charge is -2.40.